The number of halogens is 4. The van der Waals surface area contributed by atoms with Crippen molar-refractivity contribution in [3.8, 4) is 0 Å². The average Bonchev–Trinajstić information content (AvgIpc) is 2.73. The van der Waals surface area contributed by atoms with Crippen molar-refractivity contribution >= 4 is 34.8 Å². The molecule has 0 fully saturated rings. The molecule has 0 radical (unpaired) electrons. The Balaban J connectivity index is 2.35. The van der Waals surface area contributed by atoms with Crippen LogP contribution < -0.4 is 0 Å². The number of carbonyl (C=O) groups is 1. The Bertz CT molecular complexity index is 1210. The fourth-order valence-corrected chi connectivity index (χ4v) is 3.80. The first-order chi connectivity index (χ1) is 15.2. The average molecular weight is 457 g/mol. The Kier molecular flexibility index (Phi) is 7.21. The third-order valence-electron chi connectivity index (χ3n) is 4.98. The number of aryl methyl sites for hydroxylation is 1. The van der Waals surface area contributed by atoms with Crippen LogP contribution in [0.2, 0.25) is 5.02 Å². The van der Waals surface area contributed by atoms with Gasteiger partial charge in [0.05, 0.1) is 10.6 Å². The highest BCUT2D eigenvalue weighted by atomic mass is 35.5. The zero-order valence-electron chi connectivity index (χ0n) is 17.4. The van der Waals surface area contributed by atoms with Crippen molar-refractivity contribution in [3.63, 3.8) is 0 Å². The zero-order chi connectivity index (χ0) is 23.4. The number of rotatable bonds is 6. The van der Waals surface area contributed by atoms with E-state index in [4.69, 9.17) is 16.7 Å². The van der Waals surface area contributed by atoms with Crippen molar-refractivity contribution in [2.24, 2.45) is 0 Å². The number of allylic oxidation sites excluding steroid dienone is 1. The van der Waals surface area contributed by atoms with Gasteiger partial charge in [-0.25, -0.2) is 18.0 Å². The standard InChI is InChI=1S/C26H20ClF3O2/c1-3-19(20-10-9-18(28)14-21(20)27)25(17-7-4-15(2)5-8-17)26-22(29)12-16(13-23(26)30)6-11-24(31)32/h4-14H,3H2,1-2H3,(H,31,32)/b11-6+,25-19-. The highest BCUT2D eigenvalue weighted by molar-refractivity contribution is 6.32. The third kappa shape index (κ3) is 5.11. The van der Waals surface area contributed by atoms with Crippen molar-refractivity contribution in [1.82, 2.24) is 0 Å². The molecule has 3 aromatic carbocycles. The second-order valence-electron chi connectivity index (χ2n) is 7.23. The summed E-state index contributed by atoms with van der Waals surface area (Å²) >= 11 is 6.30. The largest absolute Gasteiger partial charge is 0.478 e. The van der Waals surface area contributed by atoms with Gasteiger partial charge in [0, 0.05) is 6.08 Å². The van der Waals surface area contributed by atoms with E-state index in [2.05, 4.69) is 0 Å². The maximum absolute atomic E-state index is 15.3. The van der Waals surface area contributed by atoms with E-state index in [0.29, 0.717) is 28.7 Å². The lowest BCUT2D eigenvalue weighted by Gasteiger charge is -2.19. The van der Waals surface area contributed by atoms with E-state index in [1.807, 2.05) is 26.0 Å². The van der Waals surface area contributed by atoms with Crippen LogP contribution in [0, 0.1) is 24.4 Å². The lowest BCUT2D eigenvalue weighted by molar-refractivity contribution is -0.131. The van der Waals surface area contributed by atoms with Crippen molar-refractivity contribution in [1.29, 1.82) is 0 Å². The Labute approximate surface area is 189 Å². The summed E-state index contributed by atoms with van der Waals surface area (Å²) in [7, 11) is 0. The van der Waals surface area contributed by atoms with Crippen LogP contribution in [0.1, 0.15) is 41.2 Å². The molecule has 0 amide bonds. The van der Waals surface area contributed by atoms with Gasteiger partial charge in [0.1, 0.15) is 17.5 Å². The Hall–Kier alpha value is -3.31. The van der Waals surface area contributed by atoms with E-state index in [0.717, 1.165) is 35.9 Å². The fourth-order valence-electron chi connectivity index (χ4n) is 3.52. The summed E-state index contributed by atoms with van der Waals surface area (Å²) in [6.07, 6.45) is 2.29. The predicted octanol–water partition coefficient (Wildman–Crippen LogP) is 7.53. The molecule has 0 aliphatic rings. The number of hydrogen-bond acceptors (Lipinski definition) is 1. The Morgan fingerprint density at radius 2 is 1.62 bits per heavy atom. The first-order valence-electron chi connectivity index (χ1n) is 9.87. The number of carboxylic acid groups (broad SMARTS) is 1. The minimum atomic E-state index is -1.23. The van der Waals surface area contributed by atoms with Gasteiger partial charge < -0.3 is 5.11 Å². The predicted molar refractivity (Wildman–Crippen MR) is 122 cm³/mol. The molecule has 0 atom stereocenters. The van der Waals surface area contributed by atoms with Crippen LogP contribution in [0.3, 0.4) is 0 Å². The second-order valence-corrected chi connectivity index (χ2v) is 7.64. The molecule has 32 heavy (non-hydrogen) atoms. The van der Waals surface area contributed by atoms with E-state index in [9.17, 15) is 9.18 Å². The lowest BCUT2D eigenvalue weighted by Crippen LogP contribution is -2.02. The summed E-state index contributed by atoms with van der Waals surface area (Å²) in [4.78, 5) is 10.8. The highest BCUT2D eigenvalue weighted by Crippen LogP contribution is 2.39. The van der Waals surface area contributed by atoms with E-state index >= 15 is 8.78 Å². The van der Waals surface area contributed by atoms with Gasteiger partial charge in [0.2, 0.25) is 0 Å². The Morgan fingerprint density at radius 1 is 1.00 bits per heavy atom. The van der Waals surface area contributed by atoms with Gasteiger partial charge in [-0.05, 0) is 71.5 Å². The first-order valence-corrected chi connectivity index (χ1v) is 10.2. The molecule has 3 aromatic rings. The number of benzene rings is 3. The number of hydrogen-bond donors (Lipinski definition) is 1. The van der Waals surface area contributed by atoms with Gasteiger partial charge in [-0.2, -0.15) is 0 Å². The summed E-state index contributed by atoms with van der Waals surface area (Å²) in [6, 6.07) is 13.2. The monoisotopic (exact) mass is 456 g/mol. The summed E-state index contributed by atoms with van der Waals surface area (Å²) < 4.78 is 44.2. The molecular formula is C26H20ClF3O2. The zero-order valence-corrected chi connectivity index (χ0v) is 18.2. The first kappa shape index (κ1) is 23.4. The van der Waals surface area contributed by atoms with Gasteiger partial charge in [-0.1, -0.05) is 54.4 Å². The van der Waals surface area contributed by atoms with E-state index in [1.54, 1.807) is 12.1 Å². The van der Waals surface area contributed by atoms with Gasteiger partial charge in [0.15, 0.2) is 0 Å². The van der Waals surface area contributed by atoms with E-state index in [-0.39, 0.29) is 16.1 Å². The van der Waals surface area contributed by atoms with E-state index < -0.39 is 23.4 Å². The molecule has 0 spiro atoms. The van der Waals surface area contributed by atoms with Crippen LogP contribution in [-0.4, -0.2) is 11.1 Å². The Morgan fingerprint density at radius 3 is 2.16 bits per heavy atom. The third-order valence-corrected chi connectivity index (χ3v) is 5.30. The summed E-state index contributed by atoms with van der Waals surface area (Å²) in [5.74, 6) is -3.45. The fraction of sp³-hybridized carbons (Fsp3) is 0.115. The van der Waals surface area contributed by atoms with Crippen molar-refractivity contribution in [2.75, 3.05) is 0 Å². The van der Waals surface area contributed by atoms with Crippen LogP contribution in [0.25, 0.3) is 17.2 Å². The van der Waals surface area contributed by atoms with Crippen molar-refractivity contribution < 1.29 is 23.1 Å². The molecule has 0 aromatic heterocycles. The molecule has 0 unspecified atom stereocenters. The molecule has 0 heterocycles. The molecule has 0 bridgehead atoms. The summed E-state index contributed by atoms with van der Waals surface area (Å²) in [5.41, 5.74) is 2.67. The number of aliphatic carboxylic acids is 1. The van der Waals surface area contributed by atoms with Crippen LogP contribution >= 0.6 is 11.6 Å². The normalized spacial score (nSPS) is 12.2. The minimum absolute atomic E-state index is 0.0762. The van der Waals surface area contributed by atoms with Crippen LogP contribution in [0.4, 0.5) is 13.2 Å². The molecule has 0 aliphatic carbocycles. The van der Waals surface area contributed by atoms with E-state index in [1.165, 1.54) is 12.1 Å². The lowest BCUT2D eigenvalue weighted by atomic mass is 9.87. The quantitative estimate of drug-likeness (QED) is 0.307. The smallest absolute Gasteiger partial charge is 0.328 e. The van der Waals surface area contributed by atoms with Crippen molar-refractivity contribution in [2.45, 2.75) is 20.3 Å². The molecule has 6 heteroatoms. The molecule has 0 saturated carbocycles. The second kappa shape index (κ2) is 9.88. The van der Waals surface area contributed by atoms with Crippen LogP contribution in [0.5, 0.6) is 0 Å². The summed E-state index contributed by atoms with van der Waals surface area (Å²) in [5, 5.41) is 8.92. The van der Waals surface area contributed by atoms with Gasteiger partial charge in [-0.15, -0.1) is 0 Å². The molecule has 0 aliphatic heterocycles. The van der Waals surface area contributed by atoms with Gasteiger partial charge in [0.25, 0.3) is 0 Å². The minimum Gasteiger partial charge on any atom is -0.478 e. The number of carboxylic acids is 1. The molecule has 0 saturated heterocycles. The van der Waals surface area contributed by atoms with Crippen LogP contribution in [0.15, 0.2) is 60.7 Å². The van der Waals surface area contributed by atoms with Crippen molar-refractivity contribution in [3.05, 3.63) is 111 Å². The highest BCUT2D eigenvalue weighted by Gasteiger charge is 2.22. The maximum Gasteiger partial charge on any atom is 0.328 e. The van der Waals surface area contributed by atoms with Crippen LogP contribution in [-0.2, 0) is 4.79 Å². The molecule has 3 rings (SSSR count). The molecule has 2 nitrogen and oxygen atoms in total. The maximum atomic E-state index is 15.3. The SMILES string of the molecule is CC/C(=C(\c1ccc(C)cc1)c1c(F)cc(/C=C/C(=O)O)cc1F)c1ccc(F)cc1Cl. The summed E-state index contributed by atoms with van der Waals surface area (Å²) in [6.45, 7) is 3.72. The molecule has 164 valence electrons. The van der Waals surface area contributed by atoms with Gasteiger partial charge >= 0.3 is 5.97 Å². The molecular weight excluding hydrogens is 437 g/mol. The molecule has 1 N–H and O–H groups in total. The van der Waals surface area contributed by atoms with Gasteiger partial charge in [-0.3, -0.25) is 0 Å². The topological polar surface area (TPSA) is 37.3 Å².